The average molecular weight is 322 g/mol. The van der Waals surface area contributed by atoms with Gasteiger partial charge in [0.15, 0.2) is 0 Å². The molecule has 1 aromatic carbocycles. The summed E-state index contributed by atoms with van der Waals surface area (Å²) in [6, 6.07) is 4.61. The number of nitrogens with one attached hydrogen (secondary N) is 1. The summed E-state index contributed by atoms with van der Waals surface area (Å²) in [5.74, 6) is 0. The SMILES string of the molecule is Cc1[c]c(=O)n(-c2cc(Cl)c(S(=O)(=O)O)cc2Cl)[nH]1. The fourth-order valence-corrected chi connectivity index (χ4v) is 2.85. The Bertz CT molecular complexity index is 807. The molecule has 0 saturated carbocycles. The van der Waals surface area contributed by atoms with Crippen molar-refractivity contribution in [2.45, 2.75) is 11.8 Å². The van der Waals surface area contributed by atoms with Gasteiger partial charge in [0.1, 0.15) is 4.90 Å². The van der Waals surface area contributed by atoms with Gasteiger partial charge < -0.3 is 0 Å². The zero-order valence-electron chi connectivity index (χ0n) is 9.44. The number of aromatic amines is 1. The molecule has 0 unspecified atom stereocenters. The number of nitrogens with zero attached hydrogens (tertiary/aromatic N) is 1. The largest absolute Gasteiger partial charge is 0.296 e. The van der Waals surface area contributed by atoms with Crippen molar-refractivity contribution < 1.29 is 13.0 Å². The van der Waals surface area contributed by atoms with E-state index in [1.165, 1.54) is 0 Å². The Morgan fingerprint density at radius 2 is 1.95 bits per heavy atom. The van der Waals surface area contributed by atoms with Crippen LogP contribution in [0.25, 0.3) is 5.69 Å². The fraction of sp³-hybridized carbons (Fsp3) is 0.100. The third kappa shape index (κ3) is 2.69. The van der Waals surface area contributed by atoms with Gasteiger partial charge in [-0.05, 0) is 19.1 Å². The van der Waals surface area contributed by atoms with Gasteiger partial charge in [0.05, 0.1) is 21.8 Å². The third-order valence-electron chi connectivity index (χ3n) is 2.30. The molecule has 1 aromatic heterocycles. The van der Waals surface area contributed by atoms with Gasteiger partial charge in [0.25, 0.3) is 15.7 Å². The predicted octanol–water partition coefficient (Wildman–Crippen LogP) is 1.83. The number of hydrogen-bond acceptors (Lipinski definition) is 3. The fourth-order valence-electron chi connectivity index (χ4n) is 1.52. The topological polar surface area (TPSA) is 92.2 Å². The van der Waals surface area contributed by atoms with Crippen LogP contribution in [0.5, 0.6) is 0 Å². The van der Waals surface area contributed by atoms with Gasteiger partial charge in [0, 0.05) is 5.69 Å². The molecule has 0 aliphatic carbocycles. The highest BCUT2D eigenvalue weighted by molar-refractivity contribution is 7.86. The number of aromatic nitrogens is 2. The van der Waals surface area contributed by atoms with E-state index in [4.69, 9.17) is 27.8 Å². The van der Waals surface area contributed by atoms with Crippen LogP contribution < -0.4 is 5.56 Å². The normalized spacial score (nSPS) is 11.8. The molecule has 19 heavy (non-hydrogen) atoms. The molecule has 2 aromatic rings. The van der Waals surface area contributed by atoms with Crippen molar-refractivity contribution in [3.05, 3.63) is 44.3 Å². The molecule has 0 saturated heterocycles. The van der Waals surface area contributed by atoms with Crippen LogP contribution in [0.1, 0.15) is 5.69 Å². The highest BCUT2D eigenvalue weighted by atomic mass is 35.5. The van der Waals surface area contributed by atoms with Gasteiger partial charge in [-0.15, -0.1) is 0 Å². The smallest absolute Gasteiger partial charge is 0.295 e. The monoisotopic (exact) mass is 321 g/mol. The lowest BCUT2D eigenvalue weighted by molar-refractivity contribution is 0.483. The van der Waals surface area contributed by atoms with Crippen molar-refractivity contribution in [3.8, 4) is 5.69 Å². The van der Waals surface area contributed by atoms with Gasteiger partial charge in [-0.25, -0.2) is 4.68 Å². The summed E-state index contributed by atoms with van der Waals surface area (Å²) in [7, 11) is -4.48. The molecule has 0 bridgehead atoms. The highest BCUT2D eigenvalue weighted by Crippen LogP contribution is 2.30. The molecule has 0 amide bonds. The Morgan fingerprint density at radius 1 is 1.32 bits per heavy atom. The van der Waals surface area contributed by atoms with E-state index < -0.39 is 20.6 Å². The van der Waals surface area contributed by atoms with Crippen molar-refractivity contribution in [1.29, 1.82) is 0 Å². The Balaban J connectivity index is 2.72. The van der Waals surface area contributed by atoms with Gasteiger partial charge in [-0.2, -0.15) is 8.42 Å². The van der Waals surface area contributed by atoms with E-state index in [2.05, 4.69) is 11.2 Å². The minimum Gasteiger partial charge on any atom is -0.295 e. The molecule has 2 N–H and O–H groups in total. The summed E-state index contributed by atoms with van der Waals surface area (Å²) in [5.41, 5.74) is 0.152. The molecule has 0 spiro atoms. The molecule has 101 valence electrons. The van der Waals surface area contributed by atoms with Crippen molar-refractivity contribution in [3.63, 3.8) is 0 Å². The summed E-state index contributed by atoms with van der Waals surface area (Å²) >= 11 is 11.7. The molecule has 0 fully saturated rings. The van der Waals surface area contributed by atoms with Crippen LogP contribution in [0.4, 0.5) is 0 Å². The second kappa shape index (κ2) is 4.68. The maximum absolute atomic E-state index is 11.6. The minimum atomic E-state index is -4.48. The van der Waals surface area contributed by atoms with E-state index in [0.29, 0.717) is 5.69 Å². The first-order valence-corrected chi connectivity index (χ1v) is 7.07. The van der Waals surface area contributed by atoms with Crippen molar-refractivity contribution in [2.24, 2.45) is 0 Å². The zero-order chi connectivity index (χ0) is 14.4. The Labute approximate surface area is 118 Å². The molecular formula is C10H7Cl2N2O4S. The summed E-state index contributed by atoms with van der Waals surface area (Å²) in [6.45, 7) is 1.62. The second-order valence-electron chi connectivity index (χ2n) is 3.71. The van der Waals surface area contributed by atoms with Crippen LogP contribution in [0.3, 0.4) is 0 Å². The first kappa shape index (κ1) is 14.1. The van der Waals surface area contributed by atoms with E-state index in [9.17, 15) is 13.2 Å². The minimum absolute atomic E-state index is 0.0608. The zero-order valence-corrected chi connectivity index (χ0v) is 11.8. The van der Waals surface area contributed by atoms with Crippen LogP contribution in [0, 0.1) is 13.0 Å². The number of H-pyrrole nitrogens is 1. The number of aryl methyl sites for hydroxylation is 1. The van der Waals surface area contributed by atoms with Crippen LogP contribution >= 0.6 is 23.2 Å². The molecule has 0 aliphatic rings. The van der Waals surface area contributed by atoms with Crippen LogP contribution in [0.15, 0.2) is 21.8 Å². The lowest BCUT2D eigenvalue weighted by Gasteiger charge is -2.08. The number of halogens is 2. The Morgan fingerprint density at radius 3 is 2.42 bits per heavy atom. The van der Waals surface area contributed by atoms with Crippen LogP contribution in [-0.4, -0.2) is 22.8 Å². The van der Waals surface area contributed by atoms with E-state index >= 15 is 0 Å². The molecule has 9 heteroatoms. The second-order valence-corrected chi connectivity index (χ2v) is 5.92. The Kier molecular flexibility index (Phi) is 3.48. The number of benzene rings is 1. The molecule has 0 aliphatic heterocycles. The maximum Gasteiger partial charge on any atom is 0.296 e. The molecule has 0 atom stereocenters. The molecular weight excluding hydrogens is 315 g/mol. The standard InChI is InChI=1S/C10H7Cl2N2O4S/c1-5-2-10(15)14(13-5)8-3-7(12)9(4-6(8)11)19(16,17)18/h3-4,13H,1H3,(H,16,17,18). The average Bonchev–Trinajstić information content (AvgIpc) is 2.59. The molecule has 1 radical (unpaired) electrons. The summed E-state index contributed by atoms with van der Waals surface area (Å²) in [6.07, 6.45) is 0. The van der Waals surface area contributed by atoms with Gasteiger partial charge in [-0.3, -0.25) is 14.4 Å². The first-order valence-electron chi connectivity index (χ1n) is 4.88. The van der Waals surface area contributed by atoms with Crippen molar-refractivity contribution in [1.82, 2.24) is 9.78 Å². The van der Waals surface area contributed by atoms with Gasteiger partial charge in [-0.1, -0.05) is 23.2 Å². The van der Waals surface area contributed by atoms with E-state index in [1.54, 1.807) is 6.92 Å². The third-order valence-corrected chi connectivity index (χ3v) is 3.92. The van der Waals surface area contributed by atoms with Gasteiger partial charge in [0.2, 0.25) is 0 Å². The molecule has 1 heterocycles. The van der Waals surface area contributed by atoms with Crippen molar-refractivity contribution >= 4 is 33.3 Å². The lowest BCUT2D eigenvalue weighted by atomic mass is 10.3. The van der Waals surface area contributed by atoms with Crippen LogP contribution in [-0.2, 0) is 10.1 Å². The lowest BCUT2D eigenvalue weighted by Crippen LogP contribution is -2.14. The van der Waals surface area contributed by atoms with Crippen molar-refractivity contribution in [2.75, 3.05) is 0 Å². The van der Waals surface area contributed by atoms with E-state index in [1.807, 2.05) is 0 Å². The summed E-state index contributed by atoms with van der Waals surface area (Å²) in [4.78, 5) is 11.1. The summed E-state index contributed by atoms with van der Waals surface area (Å²) in [5, 5.41) is 2.37. The number of rotatable bonds is 2. The van der Waals surface area contributed by atoms with Crippen LogP contribution in [0.2, 0.25) is 10.0 Å². The van der Waals surface area contributed by atoms with Gasteiger partial charge >= 0.3 is 0 Å². The summed E-state index contributed by atoms with van der Waals surface area (Å²) < 4.78 is 32.1. The molecule has 6 nitrogen and oxygen atoms in total. The Hall–Kier alpha value is -1.28. The molecule has 2 rings (SSSR count). The quantitative estimate of drug-likeness (QED) is 0.825. The van der Waals surface area contributed by atoms with E-state index in [0.717, 1.165) is 16.8 Å². The first-order chi connectivity index (χ1) is 8.70. The maximum atomic E-state index is 11.6. The predicted molar refractivity (Wildman–Crippen MR) is 69.8 cm³/mol. The highest BCUT2D eigenvalue weighted by Gasteiger charge is 2.19. The number of hydrogen-bond donors (Lipinski definition) is 2. The van der Waals surface area contributed by atoms with E-state index in [-0.39, 0.29) is 15.7 Å².